The zero-order valence-corrected chi connectivity index (χ0v) is 9.12. The molecular weight excluding hydrogens is 164 g/mol. The summed E-state index contributed by atoms with van der Waals surface area (Å²) in [5.74, 6) is 0. The van der Waals surface area contributed by atoms with Crippen LogP contribution >= 0.6 is 0 Å². The second kappa shape index (κ2) is 4.40. The maximum Gasteiger partial charge on any atom is 0.0558 e. The predicted molar refractivity (Wildman–Crippen MR) is 54.8 cm³/mol. The highest BCUT2D eigenvalue weighted by atomic mass is 16.3. The van der Waals surface area contributed by atoms with Gasteiger partial charge in [0, 0.05) is 30.7 Å². The summed E-state index contributed by atoms with van der Waals surface area (Å²) in [6.45, 7) is 9.90. The summed E-state index contributed by atoms with van der Waals surface area (Å²) in [7, 11) is 0. The lowest BCUT2D eigenvalue weighted by molar-refractivity contribution is 0.0434. The molecule has 3 nitrogen and oxygen atoms in total. The Bertz CT molecular complexity index is 149. The molecule has 2 N–H and O–H groups in total. The van der Waals surface area contributed by atoms with Crippen molar-refractivity contribution < 1.29 is 5.11 Å². The van der Waals surface area contributed by atoms with Gasteiger partial charge in [0.25, 0.3) is 0 Å². The molecule has 0 bridgehead atoms. The van der Waals surface area contributed by atoms with Gasteiger partial charge in [-0.05, 0) is 27.7 Å². The lowest BCUT2D eigenvalue weighted by atomic mass is 9.98. The van der Waals surface area contributed by atoms with Gasteiger partial charge < -0.3 is 10.4 Å². The highest BCUT2D eigenvalue weighted by Crippen LogP contribution is 2.17. The molecule has 1 aliphatic rings. The van der Waals surface area contributed by atoms with Gasteiger partial charge in [-0.3, -0.25) is 4.90 Å². The molecule has 0 aromatic rings. The largest absolute Gasteiger partial charge is 0.395 e. The zero-order valence-electron chi connectivity index (χ0n) is 9.12. The number of hydrogen-bond acceptors (Lipinski definition) is 3. The van der Waals surface area contributed by atoms with E-state index >= 15 is 0 Å². The van der Waals surface area contributed by atoms with Crippen molar-refractivity contribution in [1.29, 1.82) is 0 Å². The Morgan fingerprint density at radius 3 is 1.92 bits per heavy atom. The number of hydrogen-bond donors (Lipinski definition) is 2. The van der Waals surface area contributed by atoms with Gasteiger partial charge in [0.2, 0.25) is 0 Å². The monoisotopic (exact) mass is 186 g/mol. The average Bonchev–Trinajstić information content (AvgIpc) is 2.09. The van der Waals surface area contributed by atoms with Gasteiger partial charge in [-0.2, -0.15) is 0 Å². The number of aliphatic hydroxyl groups is 1. The molecule has 3 heteroatoms. The molecule has 0 amide bonds. The predicted octanol–water partition coefficient (Wildman–Crippen LogP) is 0.438. The minimum Gasteiger partial charge on any atom is -0.395 e. The maximum absolute atomic E-state index is 8.96. The molecule has 13 heavy (non-hydrogen) atoms. The van der Waals surface area contributed by atoms with Gasteiger partial charge in [-0.25, -0.2) is 0 Å². The fraction of sp³-hybridized carbons (Fsp3) is 1.00. The molecule has 4 unspecified atom stereocenters. The SMILES string of the molecule is CC1NC(C)C(C)N(CCO)C1C. The van der Waals surface area contributed by atoms with Crippen LogP contribution in [0.3, 0.4) is 0 Å². The highest BCUT2D eigenvalue weighted by Gasteiger charge is 2.33. The summed E-state index contributed by atoms with van der Waals surface area (Å²) in [4.78, 5) is 2.38. The number of aliphatic hydroxyl groups excluding tert-OH is 1. The highest BCUT2D eigenvalue weighted by molar-refractivity contribution is 4.92. The molecular formula is C10H22N2O. The number of rotatable bonds is 2. The first-order chi connectivity index (χ1) is 6.07. The van der Waals surface area contributed by atoms with Crippen LogP contribution in [-0.2, 0) is 0 Å². The van der Waals surface area contributed by atoms with Crippen molar-refractivity contribution in [2.45, 2.75) is 51.9 Å². The molecule has 1 fully saturated rings. The van der Waals surface area contributed by atoms with Crippen molar-refractivity contribution in [2.75, 3.05) is 13.2 Å². The number of β-amino-alcohol motifs (C(OH)–C–C–N with tert-alkyl or cyclic N) is 1. The fourth-order valence-electron chi connectivity index (χ4n) is 2.16. The van der Waals surface area contributed by atoms with Gasteiger partial charge >= 0.3 is 0 Å². The van der Waals surface area contributed by atoms with Gasteiger partial charge in [0.05, 0.1) is 6.61 Å². The first-order valence-electron chi connectivity index (χ1n) is 5.20. The van der Waals surface area contributed by atoms with Crippen molar-refractivity contribution in [3.05, 3.63) is 0 Å². The summed E-state index contributed by atoms with van der Waals surface area (Å²) in [6.07, 6.45) is 0. The maximum atomic E-state index is 8.96. The first kappa shape index (κ1) is 11.0. The lowest BCUT2D eigenvalue weighted by Gasteiger charge is -2.46. The molecule has 0 radical (unpaired) electrons. The van der Waals surface area contributed by atoms with E-state index in [9.17, 15) is 0 Å². The molecule has 0 saturated carbocycles. The van der Waals surface area contributed by atoms with Crippen LogP contribution in [0.5, 0.6) is 0 Å². The van der Waals surface area contributed by atoms with Crippen molar-refractivity contribution in [3.8, 4) is 0 Å². The number of nitrogens with zero attached hydrogens (tertiary/aromatic N) is 1. The third-order valence-corrected chi connectivity index (χ3v) is 3.38. The number of nitrogens with one attached hydrogen (secondary N) is 1. The van der Waals surface area contributed by atoms with Gasteiger partial charge in [0.1, 0.15) is 0 Å². The molecule has 1 saturated heterocycles. The molecule has 1 rings (SSSR count). The van der Waals surface area contributed by atoms with E-state index in [4.69, 9.17) is 5.11 Å². The molecule has 0 aromatic heterocycles. The summed E-state index contributed by atoms with van der Waals surface area (Å²) < 4.78 is 0. The Hall–Kier alpha value is -0.120. The van der Waals surface area contributed by atoms with Crippen molar-refractivity contribution >= 4 is 0 Å². The van der Waals surface area contributed by atoms with Gasteiger partial charge in [-0.15, -0.1) is 0 Å². The Morgan fingerprint density at radius 1 is 1.08 bits per heavy atom. The lowest BCUT2D eigenvalue weighted by Crippen LogP contribution is -2.64. The van der Waals surface area contributed by atoms with E-state index in [2.05, 4.69) is 37.9 Å². The van der Waals surface area contributed by atoms with Crippen LogP contribution in [0.25, 0.3) is 0 Å². The van der Waals surface area contributed by atoms with Crippen LogP contribution in [0.4, 0.5) is 0 Å². The minimum atomic E-state index is 0.258. The normalized spacial score (nSPS) is 42.2. The second-order valence-corrected chi connectivity index (χ2v) is 4.19. The third kappa shape index (κ3) is 2.22. The van der Waals surface area contributed by atoms with Crippen LogP contribution in [-0.4, -0.2) is 47.3 Å². The molecule has 1 heterocycles. The van der Waals surface area contributed by atoms with Gasteiger partial charge in [-0.1, -0.05) is 0 Å². The van der Waals surface area contributed by atoms with E-state index in [0.717, 1.165) is 6.54 Å². The van der Waals surface area contributed by atoms with Crippen LogP contribution in [0.15, 0.2) is 0 Å². The van der Waals surface area contributed by atoms with E-state index in [1.165, 1.54) is 0 Å². The van der Waals surface area contributed by atoms with Crippen molar-refractivity contribution in [1.82, 2.24) is 10.2 Å². The Morgan fingerprint density at radius 2 is 1.54 bits per heavy atom. The first-order valence-corrected chi connectivity index (χ1v) is 5.20. The Labute approximate surface area is 81.1 Å². The smallest absolute Gasteiger partial charge is 0.0558 e. The van der Waals surface area contributed by atoms with Crippen LogP contribution in [0.1, 0.15) is 27.7 Å². The summed E-state index contributed by atoms with van der Waals surface area (Å²) in [5, 5.41) is 12.5. The molecule has 0 spiro atoms. The van der Waals surface area contributed by atoms with Crippen LogP contribution in [0.2, 0.25) is 0 Å². The molecule has 0 aromatic carbocycles. The van der Waals surface area contributed by atoms with Crippen LogP contribution < -0.4 is 5.32 Å². The Kier molecular flexibility index (Phi) is 3.71. The third-order valence-electron chi connectivity index (χ3n) is 3.38. The summed E-state index contributed by atoms with van der Waals surface area (Å²) in [5.41, 5.74) is 0. The number of piperazine rings is 1. The quantitative estimate of drug-likeness (QED) is 0.657. The van der Waals surface area contributed by atoms with E-state index < -0.39 is 0 Å². The molecule has 78 valence electrons. The van der Waals surface area contributed by atoms with E-state index in [0.29, 0.717) is 24.2 Å². The molecule has 0 aliphatic carbocycles. The van der Waals surface area contributed by atoms with E-state index in [1.807, 2.05) is 0 Å². The zero-order chi connectivity index (χ0) is 10.0. The summed E-state index contributed by atoms with van der Waals surface area (Å²) >= 11 is 0. The Balaban J connectivity index is 2.64. The molecule has 4 atom stereocenters. The summed E-state index contributed by atoms with van der Waals surface area (Å²) in [6, 6.07) is 2.05. The second-order valence-electron chi connectivity index (χ2n) is 4.19. The van der Waals surface area contributed by atoms with E-state index in [1.54, 1.807) is 0 Å². The topological polar surface area (TPSA) is 35.5 Å². The average molecular weight is 186 g/mol. The van der Waals surface area contributed by atoms with E-state index in [-0.39, 0.29) is 6.61 Å². The molecule has 1 aliphatic heterocycles. The van der Waals surface area contributed by atoms with Crippen molar-refractivity contribution in [2.24, 2.45) is 0 Å². The van der Waals surface area contributed by atoms with Gasteiger partial charge in [0.15, 0.2) is 0 Å². The standard InChI is InChI=1S/C10H22N2O/c1-7-9(3)12(5-6-13)10(4)8(2)11-7/h7-11,13H,5-6H2,1-4H3. The minimum absolute atomic E-state index is 0.258. The van der Waals surface area contributed by atoms with Crippen LogP contribution in [0, 0.1) is 0 Å². The fourth-order valence-corrected chi connectivity index (χ4v) is 2.16. The van der Waals surface area contributed by atoms with Crippen molar-refractivity contribution in [3.63, 3.8) is 0 Å².